The number of carbonyl (C=O) groups excluding carboxylic acids is 3. The normalized spacial score (nSPS) is 18.2. The maximum Gasteiger partial charge on any atom is 0.242 e. The lowest BCUT2D eigenvalue weighted by atomic mass is 10.1. The molecule has 25 heavy (non-hydrogen) atoms. The molecule has 0 saturated carbocycles. The summed E-state index contributed by atoms with van der Waals surface area (Å²) < 4.78 is 0. The van der Waals surface area contributed by atoms with Gasteiger partial charge in [0, 0.05) is 33.1 Å². The molecule has 2 aliphatic heterocycles. The zero-order valence-electron chi connectivity index (χ0n) is 14.2. The molecule has 1 fully saturated rings. The molecule has 132 valence electrons. The van der Waals surface area contributed by atoms with Gasteiger partial charge in [-0.2, -0.15) is 0 Å². The van der Waals surface area contributed by atoms with Gasteiger partial charge in [0.15, 0.2) is 0 Å². The van der Waals surface area contributed by atoms with E-state index in [1.807, 2.05) is 35.7 Å². The number of hydrogen-bond acceptors (Lipinski definition) is 4. The third-order valence-electron chi connectivity index (χ3n) is 4.43. The Morgan fingerprint density at radius 1 is 1.04 bits per heavy atom. The van der Waals surface area contributed by atoms with Gasteiger partial charge in [-0.3, -0.25) is 14.4 Å². The van der Waals surface area contributed by atoms with Gasteiger partial charge in [-0.05, 0) is 11.0 Å². The average Bonchev–Trinajstić information content (AvgIpc) is 2.64. The fourth-order valence-electron chi connectivity index (χ4n) is 2.98. The Labute approximate surface area is 151 Å². The predicted octanol–water partition coefficient (Wildman–Crippen LogP) is 1.25. The summed E-state index contributed by atoms with van der Waals surface area (Å²) in [5.41, 5.74) is 1.70. The van der Waals surface area contributed by atoms with Crippen LogP contribution in [0.2, 0.25) is 0 Å². The minimum absolute atomic E-state index is 0.0321. The van der Waals surface area contributed by atoms with E-state index in [1.165, 1.54) is 11.8 Å². The summed E-state index contributed by atoms with van der Waals surface area (Å²) in [7, 11) is 0. The van der Waals surface area contributed by atoms with Crippen molar-refractivity contribution >= 4 is 35.2 Å². The van der Waals surface area contributed by atoms with Crippen LogP contribution in [-0.2, 0) is 14.4 Å². The standard InChI is InChI=1S/C18H21N3O3S/c1-14(22)19-7-9-20(10-8-19)17(23)11-21-16(12-25-13-18(21)24)15-5-3-2-4-6-15/h2-6,12H,7-11,13H2,1H3. The van der Waals surface area contributed by atoms with Gasteiger partial charge in [-0.15, -0.1) is 11.8 Å². The molecule has 3 amide bonds. The topological polar surface area (TPSA) is 60.9 Å². The van der Waals surface area contributed by atoms with E-state index in [9.17, 15) is 14.4 Å². The highest BCUT2D eigenvalue weighted by Gasteiger charge is 2.29. The van der Waals surface area contributed by atoms with Gasteiger partial charge in [0.05, 0.1) is 11.4 Å². The first-order valence-corrected chi connectivity index (χ1v) is 9.32. The first-order chi connectivity index (χ1) is 12.1. The van der Waals surface area contributed by atoms with Crippen LogP contribution >= 0.6 is 11.8 Å². The van der Waals surface area contributed by atoms with Gasteiger partial charge >= 0.3 is 0 Å². The number of thioether (sulfide) groups is 1. The molecule has 1 aromatic carbocycles. The van der Waals surface area contributed by atoms with E-state index in [2.05, 4.69) is 0 Å². The highest BCUT2D eigenvalue weighted by atomic mass is 32.2. The van der Waals surface area contributed by atoms with Crippen molar-refractivity contribution in [3.8, 4) is 0 Å². The van der Waals surface area contributed by atoms with E-state index in [0.29, 0.717) is 31.9 Å². The minimum atomic E-state index is -0.0784. The number of carbonyl (C=O) groups is 3. The molecular formula is C18H21N3O3S. The highest BCUT2D eigenvalue weighted by Crippen LogP contribution is 2.28. The van der Waals surface area contributed by atoms with Crippen LogP contribution < -0.4 is 0 Å². The monoisotopic (exact) mass is 359 g/mol. The van der Waals surface area contributed by atoms with Crippen molar-refractivity contribution in [1.29, 1.82) is 0 Å². The molecule has 0 radical (unpaired) electrons. The summed E-state index contributed by atoms with van der Waals surface area (Å²) in [6, 6.07) is 9.63. The van der Waals surface area contributed by atoms with Crippen LogP contribution in [0.15, 0.2) is 35.7 Å². The van der Waals surface area contributed by atoms with E-state index in [4.69, 9.17) is 0 Å². The lowest BCUT2D eigenvalue weighted by Crippen LogP contribution is -2.52. The Morgan fingerprint density at radius 3 is 2.32 bits per heavy atom. The third-order valence-corrected chi connectivity index (χ3v) is 5.24. The second-order valence-corrected chi connectivity index (χ2v) is 6.90. The van der Waals surface area contributed by atoms with Crippen molar-refractivity contribution < 1.29 is 14.4 Å². The molecule has 1 aromatic rings. The lowest BCUT2D eigenvalue weighted by Gasteiger charge is -2.36. The van der Waals surface area contributed by atoms with Crippen molar-refractivity contribution in [1.82, 2.24) is 14.7 Å². The second-order valence-electron chi connectivity index (χ2n) is 6.05. The van der Waals surface area contributed by atoms with Crippen molar-refractivity contribution in [2.24, 2.45) is 0 Å². The number of amides is 3. The van der Waals surface area contributed by atoms with Crippen molar-refractivity contribution in [2.45, 2.75) is 6.92 Å². The molecular weight excluding hydrogens is 338 g/mol. The van der Waals surface area contributed by atoms with Gasteiger partial charge in [0.2, 0.25) is 17.7 Å². The molecule has 1 saturated heterocycles. The van der Waals surface area contributed by atoms with Crippen molar-refractivity contribution in [2.75, 3.05) is 38.5 Å². The van der Waals surface area contributed by atoms with Crippen LogP contribution in [0.3, 0.4) is 0 Å². The minimum Gasteiger partial charge on any atom is -0.339 e. The molecule has 0 N–H and O–H groups in total. The maximum atomic E-state index is 12.7. The van der Waals surface area contributed by atoms with Gasteiger partial charge < -0.3 is 14.7 Å². The number of rotatable bonds is 3. The molecule has 2 heterocycles. The largest absolute Gasteiger partial charge is 0.339 e. The van der Waals surface area contributed by atoms with E-state index < -0.39 is 0 Å². The van der Waals surface area contributed by atoms with Gasteiger partial charge in [0.1, 0.15) is 6.54 Å². The molecule has 0 unspecified atom stereocenters. The van der Waals surface area contributed by atoms with Crippen LogP contribution in [0.1, 0.15) is 12.5 Å². The zero-order chi connectivity index (χ0) is 17.8. The fraction of sp³-hybridized carbons (Fsp3) is 0.389. The van der Waals surface area contributed by atoms with Crippen LogP contribution in [0, 0.1) is 0 Å². The Hall–Kier alpha value is -2.28. The Kier molecular flexibility index (Phi) is 5.43. The quantitative estimate of drug-likeness (QED) is 0.815. The summed E-state index contributed by atoms with van der Waals surface area (Å²) in [5, 5.41) is 1.94. The molecule has 3 rings (SSSR count). The Morgan fingerprint density at radius 2 is 1.68 bits per heavy atom. The van der Waals surface area contributed by atoms with E-state index >= 15 is 0 Å². The summed E-state index contributed by atoms with van der Waals surface area (Å²) in [5.74, 6) is 0.249. The van der Waals surface area contributed by atoms with Crippen LogP contribution in [0.4, 0.5) is 0 Å². The summed E-state index contributed by atoms with van der Waals surface area (Å²) in [6.45, 7) is 3.70. The predicted molar refractivity (Wildman–Crippen MR) is 97.4 cm³/mol. The molecule has 7 heteroatoms. The molecule has 2 aliphatic rings. The number of hydrogen-bond donors (Lipinski definition) is 0. The molecule has 6 nitrogen and oxygen atoms in total. The summed E-state index contributed by atoms with van der Waals surface area (Å²) in [6.07, 6.45) is 0. The number of piperazine rings is 1. The van der Waals surface area contributed by atoms with Gasteiger partial charge in [0.25, 0.3) is 0 Å². The van der Waals surface area contributed by atoms with Crippen LogP contribution in [-0.4, -0.2) is 70.9 Å². The van der Waals surface area contributed by atoms with Crippen LogP contribution in [0.25, 0.3) is 5.70 Å². The molecule has 0 aromatic heterocycles. The Balaban J connectivity index is 1.68. The van der Waals surface area contributed by atoms with Crippen molar-refractivity contribution in [3.05, 3.63) is 41.3 Å². The fourth-order valence-corrected chi connectivity index (χ4v) is 3.78. The molecule has 0 bridgehead atoms. The number of benzene rings is 1. The highest BCUT2D eigenvalue weighted by molar-refractivity contribution is 8.03. The lowest BCUT2D eigenvalue weighted by molar-refractivity contribution is -0.140. The maximum absolute atomic E-state index is 12.7. The van der Waals surface area contributed by atoms with E-state index in [0.717, 1.165) is 11.3 Å². The van der Waals surface area contributed by atoms with Gasteiger partial charge in [-0.25, -0.2) is 0 Å². The molecule has 0 spiro atoms. The van der Waals surface area contributed by atoms with E-state index in [-0.39, 0.29) is 24.3 Å². The Bertz CT molecular complexity index is 697. The SMILES string of the molecule is CC(=O)N1CCN(C(=O)CN2C(=O)CSC=C2c2ccccc2)CC1. The first-order valence-electron chi connectivity index (χ1n) is 8.27. The first kappa shape index (κ1) is 17.5. The summed E-state index contributed by atoms with van der Waals surface area (Å²) in [4.78, 5) is 41.5. The molecule has 0 atom stereocenters. The van der Waals surface area contributed by atoms with Gasteiger partial charge in [-0.1, -0.05) is 30.3 Å². The smallest absolute Gasteiger partial charge is 0.242 e. The van der Waals surface area contributed by atoms with Crippen LogP contribution in [0.5, 0.6) is 0 Å². The molecule has 0 aliphatic carbocycles. The average molecular weight is 359 g/mol. The zero-order valence-corrected chi connectivity index (χ0v) is 15.0. The second kappa shape index (κ2) is 7.74. The third kappa shape index (κ3) is 4.04. The summed E-state index contributed by atoms with van der Waals surface area (Å²) >= 11 is 1.45. The number of nitrogens with zero attached hydrogens (tertiary/aromatic N) is 3. The van der Waals surface area contributed by atoms with E-state index in [1.54, 1.807) is 21.6 Å². The van der Waals surface area contributed by atoms with Crippen molar-refractivity contribution in [3.63, 3.8) is 0 Å².